The van der Waals surface area contributed by atoms with Gasteiger partial charge in [-0.15, -0.1) is 10.2 Å². The van der Waals surface area contributed by atoms with Crippen molar-refractivity contribution in [1.82, 2.24) is 15.6 Å². The molecule has 0 amide bonds. The maximum atomic E-state index is 9.58. The molecule has 0 aromatic carbocycles. The molecule has 1 aromatic rings. The second-order valence-electron chi connectivity index (χ2n) is 2.60. The molecule has 10 heteroatoms. The van der Waals surface area contributed by atoms with E-state index in [0.29, 0.717) is 11.6 Å². The molecule has 0 aliphatic heterocycles. The third-order valence-electron chi connectivity index (χ3n) is 1.21. The molecule has 0 aliphatic rings. The molecule has 18 heavy (non-hydrogen) atoms. The van der Waals surface area contributed by atoms with Crippen molar-refractivity contribution in [3.8, 4) is 0 Å². The molecule has 104 valence electrons. The summed E-state index contributed by atoms with van der Waals surface area (Å²) >= 11 is 10.5. The van der Waals surface area contributed by atoms with Gasteiger partial charge in [-0.05, 0) is 30.2 Å². The fourth-order valence-corrected chi connectivity index (χ4v) is 0.959. The summed E-state index contributed by atoms with van der Waals surface area (Å²) < 4.78 is 0. The number of nitrogen functional groups attached to an aromatic ring is 1. The van der Waals surface area contributed by atoms with Crippen LogP contribution >= 0.6 is 35.2 Å². The SMILES string of the molecule is CCC(=O)Cl.CCc1nnc(N)s1.NNC(N)=S. The lowest BCUT2D eigenvalue weighted by atomic mass is 10.5. The summed E-state index contributed by atoms with van der Waals surface area (Å²) in [6.07, 6.45) is 1.36. The Morgan fingerprint density at radius 2 is 1.94 bits per heavy atom. The first-order chi connectivity index (χ1) is 8.37. The Balaban J connectivity index is 0. The van der Waals surface area contributed by atoms with Crippen molar-refractivity contribution >= 4 is 50.6 Å². The largest absolute Gasteiger partial charge is 0.375 e. The Morgan fingerprint density at radius 1 is 1.50 bits per heavy atom. The number of hydrazine groups is 1. The molecule has 0 bridgehead atoms. The lowest BCUT2D eigenvalue weighted by Gasteiger charge is -1.85. The maximum absolute atomic E-state index is 9.58. The van der Waals surface area contributed by atoms with Gasteiger partial charge in [0.2, 0.25) is 10.4 Å². The normalized spacial score (nSPS) is 8.22. The van der Waals surface area contributed by atoms with E-state index in [1.807, 2.05) is 12.3 Å². The molecule has 0 saturated heterocycles. The molecule has 0 saturated carbocycles. The monoisotopic (exact) mass is 312 g/mol. The second-order valence-corrected chi connectivity index (χ2v) is 4.56. The minimum absolute atomic E-state index is 0.116. The summed E-state index contributed by atoms with van der Waals surface area (Å²) in [5.41, 5.74) is 12.1. The molecule has 1 aromatic heterocycles. The number of thiocarbonyl (C=S) groups is 1. The van der Waals surface area contributed by atoms with Crippen molar-refractivity contribution < 1.29 is 4.79 Å². The zero-order valence-electron chi connectivity index (χ0n) is 10.1. The van der Waals surface area contributed by atoms with E-state index in [1.165, 1.54) is 11.3 Å². The molecule has 1 heterocycles. The number of anilines is 1. The van der Waals surface area contributed by atoms with Crippen molar-refractivity contribution in [3.63, 3.8) is 0 Å². The molecule has 0 spiro atoms. The average molecular weight is 313 g/mol. The van der Waals surface area contributed by atoms with E-state index in [-0.39, 0.29) is 10.4 Å². The quantitative estimate of drug-likeness (QED) is 0.269. The minimum Gasteiger partial charge on any atom is -0.375 e. The van der Waals surface area contributed by atoms with Gasteiger partial charge in [0, 0.05) is 6.42 Å². The first-order valence-electron chi connectivity index (χ1n) is 4.89. The van der Waals surface area contributed by atoms with Crippen LogP contribution in [0, 0.1) is 0 Å². The van der Waals surface area contributed by atoms with Gasteiger partial charge >= 0.3 is 0 Å². The van der Waals surface area contributed by atoms with Crippen LogP contribution in [-0.4, -0.2) is 20.6 Å². The predicted octanol–water partition coefficient (Wildman–Crippen LogP) is 0.538. The first-order valence-corrected chi connectivity index (χ1v) is 6.49. The number of rotatable bonds is 2. The van der Waals surface area contributed by atoms with Crippen LogP contribution in [0.25, 0.3) is 0 Å². The fraction of sp³-hybridized carbons (Fsp3) is 0.500. The number of nitrogens with zero attached hydrogens (tertiary/aromatic N) is 2. The Morgan fingerprint density at radius 3 is 2.06 bits per heavy atom. The number of aryl methyl sites for hydroxylation is 1. The van der Waals surface area contributed by atoms with Gasteiger partial charge in [0.15, 0.2) is 5.11 Å². The number of halogens is 1. The van der Waals surface area contributed by atoms with Gasteiger partial charge in [-0.1, -0.05) is 25.2 Å². The standard InChI is InChI=1S/C4H7N3S.C3H5ClO.CH5N3S/c1-2-3-6-7-4(5)8-3;1-2-3(4)5;2-1(5)4-3/h2H2,1H3,(H2,5,7);2H2,1H3;3H2,(H3,2,4,5). The van der Waals surface area contributed by atoms with E-state index in [4.69, 9.17) is 23.1 Å². The Kier molecular flexibility index (Phi) is 13.3. The van der Waals surface area contributed by atoms with Gasteiger partial charge in [-0.25, -0.2) is 5.84 Å². The molecule has 0 fully saturated rings. The number of hydrogen-bond donors (Lipinski definition) is 4. The van der Waals surface area contributed by atoms with Gasteiger partial charge in [0.25, 0.3) is 0 Å². The summed E-state index contributed by atoms with van der Waals surface area (Å²) in [6, 6.07) is 0. The Hall–Kier alpha value is -1.03. The molecule has 7 N–H and O–H groups in total. The van der Waals surface area contributed by atoms with Gasteiger partial charge in [0.05, 0.1) is 0 Å². The number of nitrogens with one attached hydrogen (secondary N) is 1. The van der Waals surface area contributed by atoms with Crippen LogP contribution in [-0.2, 0) is 11.2 Å². The summed E-state index contributed by atoms with van der Waals surface area (Å²) in [5, 5.41) is 8.81. The molecule has 1 rings (SSSR count). The van der Waals surface area contributed by atoms with Crippen LogP contribution < -0.4 is 22.7 Å². The van der Waals surface area contributed by atoms with E-state index in [9.17, 15) is 4.79 Å². The van der Waals surface area contributed by atoms with Crippen molar-refractivity contribution in [3.05, 3.63) is 5.01 Å². The summed E-state index contributed by atoms with van der Waals surface area (Å²) in [6.45, 7) is 3.75. The van der Waals surface area contributed by atoms with E-state index >= 15 is 0 Å². The zero-order valence-corrected chi connectivity index (χ0v) is 12.5. The highest BCUT2D eigenvalue weighted by Gasteiger charge is 1.94. The summed E-state index contributed by atoms with van der Waals surface area (Å²) in [7, 11) is 0. The van der Waals surface area contributed by atoms with E-state index < -0.39 is 0 Å². The van der Waals surface area contributed by atoms with E-state index in [1.54, 1.807) is 6.92 Å². The van der Waals surface area contributed by atoms with Crippen molar-refractivity contribution in [2.45, 2.75) is 26.7 Å². The van der Waals surface area contributed by atoms with Crippen LogP contribution in [0.3, 0.4) is 0 Å². The third-order valence-corrected chi connectivity index (χ3v) is 2.49. The zero-order chi connectivity index (χ0) is 14.6. The van der Waals surface area contributed by atoms with Gasteiger partial charge in [-0.3, -0.25) is 4.79 Å². The summed E-state index contributed by atoms with van der Waals surface area (Å²) in [5.74, 6) is 4.66. The molecular weight excluding hydrogens is 296 g/mol. The highest BCUT2D eigenvalue weighted by molar-refractivity contribution is 7.80. The lowest BCUT2D eigenvalue weighted by Crippen LogP contribution is -2.34. The lowest BCUT2D eigenvalue weighted by molar-refractivity contribution is -0.111. The molecule has 0 aliphatic carbocycles. The van der Waals surface area contributed by atoms with Crippen LogP contribution in [0.2, 0.25) is 0 Å². The third kappa shape index (κ3) is 15.0. The smallest absolute Gasteiger partial charge is 0.221 e. The van der Waals surface area contributed by atoms with Crippen LogP contribution in [0.5, 0.6) is 0 Å². The van der Waals surface area contributed by atoms with Crippen molar-refractivity contribution in [1.29, 1.82) is 0 Å². The van der Waals surface area contributed by atoms with Crippen LogP contribution in [0.1, 0.15) is 25.3 Å². The molecule has 0 atom stereocenters. The number of aromatic nitrogens is 2. The number of carbonyl (C=O) groups excluding carboxylic acids is 1. The number of nitrogens with two attached hydrogens (primary N) is 3. The fourth-order valence-electron chi connectivity index (χ4n) is 0.409. The van der Waals surface area contributed by atoms with Gasteiger partial charge < -0.3 is 16.9 Å². The Bertz CT molecular complexity index is 345. The second kappa shape index (κ2) is 12.4. The molecular formula is C8H17ClN6OS2. The van der Waals surface area contributed by atoms with Crippen molar-refractivity contribution in [2.75, 3.05) is 5.73 Å². The molecule has 0 radical (unpaired) electrons. The summed E-state index contributed by atoms with van der Waals surface area (Å²) in [4.78, 5) is 9.58. The first kappa shape index (κ1) is 19.3. The van der Waals surface area contributed by atoms with Crippen molar-refractivity contribution in [2.24, 2.45) is 11.6 Å². The minimum atomic E-state index is -0.273. The van der Waals surface area contributed by atoms with E-state index in [0.717, 1.165) is 11.4 Å². The van der Waals surface area contributed by atoms with Crippen LogP contribution in [0.4, 0.5) is 5.13 Å². The highest BCUT2D eigenvalue weighted by Crippen LogP contribution is 2.10. The maximum Gasteiger partial charge on any atom is 0.221 e. The van der Waals surface area contributed by atoms with E-state index in [2.05, 4.69) is 28.3 Å². The molecule has 0 unspecified atom stereocenters. The number of hydrogen-bond acceptors (Lipinski definition) is 7. The topological polar surface area (TPSA) is 133 Å². The van der Waals surface area contributed by atoms with Gasteiger partial charge in [0.1, 0.15) is 5.01 Å². The molecule has 7 nitrogen and oxygen atoms in total. The predicted molar refractivity (Wildman–Crippen MR) is 79.0 cm³/mol. The Labute approximate surface area is 120 Å². The number of carbonyl (C=O) groups is 1. The van der Waals surface area contributed by atoms with Crippen LogP contribution in [0.15, 0.2) is 0 Å². The van der Waals surface area contributed by atoms with Gasteiger partial charge in [-0.2, -0.15) is 0 Å². The average Bonchev–Trinajstić information content (AvgIpc) is 2.76. The highest BCUT2D eigenvalue weighted by atomic mass is 35.5.